The van der Waals surface area contributed by atoms with Crippen molar-refractivity contribution >= 4 is 11.8 Å². The van der Waals surface area contributed by atoms with Crippen LogP contribution < -0.4 is 10.6 Å². The van der Waals surface area contributed by atoms with Crippen LogP contribution in [0.3, 0.4) is 0 Å². The highest BCUT2D eigenvalue weighted by Crippen LogP contribution is 2.36. The Morgan fingerprint density at radius 3 is 2.56 bits per heavy atom. The van der Waals surface area contributed by atoms with Crippen molar-refractivity contribution in [2.24, 2.45) is 18.9 Å². The van der Waals surface area contributed by atoms with Crippen LogP contribution >= 0.6 is 0 Å². The molecule has 0 saturated heterocycles. The lowest BCUT2D eigenvalue weighted by molar-refractivity contribution is -0.120. The minimum absolute atomic E-state index is 0.0313. The number of nitrogens with zero attached hydrogens (tertiary/aromatic N) is 3. The van der Waals surface area contributed by atoms with E-state index in [1.54, 1.807) is 37.1 Å². The first kappa shape index (κ1) is 19.1. The molecule has 1 unspecified atom stereocenters. The molecule has 2 aromatic rings. The fraction of sp³-hybridized carbons (Fsp3) is 0.500. The number of carbonyl (C=O) groups is 2. The first-order chi connectivity index (χ1) is 13.0. The summed E-state index contributed by atoms with van der Waals surface area (Å²) in [6.07, 6.45) is 7.46. The molecule has 3 rings (SSSR count). The summed E-state index contributed by atoms with van der Waals surface area (Å²) in [5.41, 5.74) is 1.49. The van der Waals surface area contributed by atoms with Gasteiger partial charge in [0, 0.05) is 32.9 Å². The standard InChI is InChI=1S/C20H27N5O2/c1-14(26)24-19(17-5-3-4-11-21-17)16-8-6-15(7-9-16)13-22-20(27)18-10-12-23-25(18)2/h3-5,10-12,15-16,19H,6-9,13H2,1-2H3,(H,22,27)(H,24,26). The van der Waals surface area contributed by atoms with E-state index in [0.29, 0.717) is 24.1 Å². The molecule has 1 fully saturated rings. The molecule has 7 nitrogen and oxygen atoms in total. The fourth-order valence-electron chi connectivity index (χ4n) is 3.86. The Balaban J connectivity index is 1.53. The van der Waals surface area contributed by atoms with E-state index >= 15 is 0 Å². The van der Waals surface area contributed by atoms with E-state index in [-0.39, 0.29) is 17.9 Å². The largest absolute Gasteiger partial charge is 0.350 e. The molecule has 1 saturated carbocycles. The Hall–Kier alpha value is -2.70. The molecule has 1 aliphatic carbocycles. The maximum Gasteiger partial charge on any atom is 0.269 e. The maximum atomic E-state index is 12.2. The Morgan fingerprint density at radius 1 is 1.19 bits per heavy atom. The minimum Gasteiger partial charge on any atom is -0.350 e. The number of aryl methyl sites for hydroxylation is 1. The molecule has 144 valence electrons. The van der Waals surface area contributed by atoms with Crippen LogP contribution in [-0.2, 0) is 11.8 Å². The first-order valence-corrected chi connectivity index (χ1v) is 9.49. The zero-order chi connectivity index (χ0) is 19.2. The van der Waals surface area contributed by atoms with Gasteiger partial charge in [0.25, 0.3) is 5.91 Å². The summed E-state index contributed by atoms with van der Waals surface area (Å²) in [6, 6.07) is 7.49. The van der Waals surface area contributed by atoms with E-state index in [4.69, 9.17) is 0 Å². The van der Waals surface area contributed by atoms with Crippen molar-refractivity contribution in [2.45, 2.75) is 38.6 Å². The number of nitrogens with one attached hydrogen (secondary N) is 2. The van der Waals surface area contributed by atoms with E-state index in [0.717, 1.165) is 31.4 Å². The summed E-state index contributed by atoms with van der Waals surface area (Å²) in [4.78, 5) is 28.3. The number of rotatable bonds is 6. The predicted octanol–water partition coefficient (Wildman–Crippen LogP) is 2.23. The van der Waals surface area contributed by atoms with Gasteiger partial charge in [-0.05, 0) is 55.7 Å². The van der Waals surface area contributed by atoms with Gasteiger partial charge in [-0.25, -0.2) is 0 Å². The fourth-order valence-corrected chi connectivity index (χ4v) is 3.86. The van der Waals surface area contributed by atoms with Gasteiger partial charge in [-0.2, -0.15) is 5.10 Å². The van der Waals surface area contributed by atoms with Gasteiger partial charge in [-0.3, -0.25) is 19.3 Å². The quantitative estimate of drug-likeness (QED) is 0.817. The zero-order valence-electron chi connectivity index (χ0n) is 15.9. The van der Waals surface area contributed by atoms with Gasteiger partial charge in [-0.15, -0.1) is 0 Å². The van der Waals surface area contributed by atoms with Crippen LogP contribution in [0.5, 0.6) is 0 Å². The lowest BCUT2D eigenvalue weighted by Crippen LogP contribution is -2.36. The maximum absolute atomic E-state index is 12.2. The van der Waals surface area contributed by atoms with Gasteiger partial charge in [-0.1, -0.05) is 6.07 Å². The number of aromatic nitrogens is 3. The molecule has 7 heteroatoms. The average Bonchev–Trinajstić information content (AvgIpc) is 3.11. The number of amides is 2. The number of pyridine rings is 1. The van der Waals surface area contributed by atoms with Crippen LogP contribution in [-0.4, -0.2) is 33.1 Å². The summed E-state index contributed by atoms with van der Waals surface area (Å²) in [6.45, 7) is 2.22. The molecule has 27 heavy (non-hydrogen) atoms. The van der Waals surface area contributed by atoms with Gasteiger partial charge in [0.05, 0.1) is 11.7 Å². The third-order valence-corrected chi connectivity index (χ3v) is 5.33. The van der Waals surface area contributed by atoms with E-state index in [1.165, 1.54) is 0 Å². The molecular formula is C20H27N5O2. The van der Waals surface area contributed by atoms with E-state index < -0.39 is 0 Å². The van der Waals surface area contributed by atoms with Crippen LogP contribution in [0, 0.1) is 11.8 Å². The molecule has 0 spiro atoms. The average molecular weight is 369 g/mol. The molecule has 1 atom stereocenters. The van der Waals surface area contributed by atoms with Gasteiger partial charge in [0.15, 0.2) is 0 Å². The highest BCUT2D eigenvalue weighted by atomic mass is 16.2. The summed E-state index contributed by atoms with van der Waals surface area (Å²) in [5, 5.41) is 10.1. The molecule has 1 aliphatic rings. The Kier molecular flexibility index (Phi) is 6.21. The second-order valence-corrected chi connectivity index (χ2v) is 7.26. The SMILES string of the molecule is CC(=O)NC(c1ccccn1)C1CCC(CNC(=O)c2ccnn2C)CC1. The number of hydrogen-bond donors (Lipinski definition) is 2. The second kappa shape index (κ2) is 8.79. The highest BCUT2D eigenvalue weighted by Gasteiger charge is 2.30. The Labute approximate surface area is 159 Å². The van der Waals surface area contributed by atoms with E-state index in [2.05, 4.69) is 20.7 Å². The number of carbonyl (C=O) groups excluding carboxylic acids is 2. The molecule has 0 radical (unpaired) electrons. The van der Waals surface area contributed by atoms with Gasteiger partial charge >= 0.3 is 0 Å². The van der Waals surface area contributed by atoms with Crippen molar-refractivity contribution in [3.63, 3.8) is 0 Å². The van der Waals surface area contributed by atoms with E-state index in [9.17, 15) is 9.59 Å². The molecule has 2 amide bonds. The molecule has 2 N–H and O–H groups in total. The smallest absolute Gasteiger partial charge is 0.269 e. The molecule has 0 aromatic carbocycles. The summed E-state index contributed by atoms with van der Waals surface area (Å²) < 4.78 is 1.58. The lowest BCUT2D eigenvalue weighted by atomic mass is 9.77. The van der Waals surface area contributed by atoms with E-state index in [1.807, 2.05) is 18.2 Å². The monoisotopic (exact) mass is 369 g/mol. The minimum atomic E-state index is -0.0817. The van der Waals surface area contributed by atoms with Crippen LogP contribution in [0.2, 0.25) is 0 Å². The van der Waals surface area contributed by atoms with Crippen LogP contribution in [0.15, 0.2) is 36.7 Å². The normalized spacial score (nSPS) is 20.7. The summed E-state index contributed by atoms with van der Waals surface area (Å²) >= 11 is 0. The van der Waals surface area contributed by atoms with Crippen molar-refractivity contribution in [3.8, 4) is 0 Å². The molecule has 0 bridgehead atoms. The summed E-state index contributed by atoms with van der Waals surface area (Å²) in [7, 11) is 1.76. The lowest BCUT2D eigenvalue weighted by Gasteiger charge is -2.34. The van der Waals surface area contributed by atoms with Crippen molar-refractivity contribution in [1.29, 1.82) is 0 Å². The molecule has 2 heterocycles. The van der Waals surface area contributed by atoms with Crippen molar-refractivity contribution in [1.82, 2.24) is 25.4 Å². The van der Waals surface area contributed by atoms with Gasteiger partial charge in [0.1, 0.15) is 5.69 Å². The predicted molar refractivity (Wildman–Crippen MR) is 102 cm³/mol. The van der Waals surface area contributed by atoms with Crippen molar-refractivity contribution < 1.29 is 9.59 Å². The van der Waals surface area contributed by atoms with Crippen LogP contribution in [0.4, 0.5) is 0 Å². The van der Waals surface area contributed by atoms with Gasteiger partial charge in [0.2, 0.25) is 5.91 Å². The molecular weight excluding hydrogens is 342 g/mol. The van der Waals surface area contributed by atoms with Crippen LogP contribution in [0.1, 0.15) is 54.8 Å². The third kappa shape index (κ3) is 4.93. The van der Waals surface area contributed by atoms with Crippen molar-refractivity contribution in [3.05, 3.63) is 48.0 Å². The molecule has 2 aromatic heterocycles. The Bertz CT molecular complexity index is 766. The number of hydrogen-bond acceptors (Lipinski definition) is 4. The second-order valence-electron chi connectivity index (χ2n) is 7.26. The van der Waals surface area contributed by atoms with Crippen LogP contribution in [0.25, 0.3) is 0 Å². The first-order valence-electron chi connectivity index (χ1n) is 9.49. The van der Waals surface area contributed by atoms with Crippen molar-refractivity contribution in [2.75, 3.05) is 6.54 Å². The van der Waals surface area contributed by atoms with Gasteiger partial charge < -0.3 is 10.6 Å². The zero-order valence-corrected chi connectivity index (χ0v) is 15.9. The molecule has 0 aliphatic heterocycles. The highest BCUT2D eigenvalue weighted by molar-refractivity contribution is 5.92. The summed E-state index contributed by atoms with van der Waals surface area (Å²) in [5.74, 6) is 0.714. The Morgan fingerprint density at radius 2 is 1.96 bits per heavy atom. The topological polar surface area (TPSA) is 88.9 Å². The third-order valence-electron chi connectivity index (χ3n) is 5.33.